The van der Waals surface area contributed by atoms with Gasteiger partial charge in [0.1, 0.15) is 5.82 Å². The smallest absolute Gasteiger partial charge is 0.210 e. The van der Waals surface area contributed by atoms with Crippen LogP contribution in [0.5, 0.6) is 0 Å². The normalized spacial score (nSPS) is 11.3. The second-order valence-electron chi connectivity index (χ2n) is 2.63. The topological polar surface area (TPSA) is 85.1 Å². The highest BCUT2D eigenvalue weighted by Gasteiger charge is 2.03. The molecule has 0 atom stereocenters. The molecule has 0 unspecified atom stereocenters. The number of halogens is 1. The van der Waals surface area contributed by atoms with Crippen LogP contribution in [0, 0.1) is 0 Å². The Morgan fingerprint density at radius 1 is 1.57 bits per heavy atom. The van der Waals surface area contributed by atoms with E-state index < -0.39 is 10.0 Å². The first-order valence-electron chi connectivity index (χ1n) is 3.84. The monoisotopic (exact) mass is 235 g/mol. The summed E-state index contributed by atoms with van der Waals surface area (Å²) in [6, 6.07) is 3.35. The van der Waals surface area contributed by atoms with E-state index in [9.17, 15) is 8.42 Å². The number of aromatic nitrogens is 1. The van der Waals surface area contributed by atoms with Crippen molar-refractivity contribution in [1.29, 1.82) is 0 Å². The molecule has 0 spiro atoms. The molecule has 0 bridgehead atoms. The molecule has 0 saturated heterocycles. The van der Waals surface area contributed by atoms with Crippen molar-refractivity contribution in [1.82, 2.24) is 4.98 Å². The fourth-order valence-electron chi connectivity index (χ4n) is 0.827. The Kier molecular flexibility index (Phi) is 3.68. The lowest BCUT2D eigenvalue weighted by Gasteiger charge is -2.05. The maximum atomic E-state index is 10.6. The van der Waals surface area contributed by atoms with Gasteiger partial charge in [0.15, 0.2) is 0 Å². The van der Waals surface area contributed by atoms with Gasteiger partial charge in [-0.25, -0.2) is 18.5 Å². The zero-order valence-corrected chi connectivity index (χ0v) is 8.85. The molecule has 7 heteroatoms. The molecule has 1 rings (SSSR count). The molecule has 78 valence electrons. The van der Waals surface area contributed by atoms with Crippen LogP contribution in [0.4, 0.5) is 5.82 Å². The minimum atomic E-state index is -3.44. The van der Waals surface area contributed by atoms with Crippen molar-refractivity contribution in [2.75, 3.05) is 17.6 Å². The molecular weight excluding hydrogens is 226 g/mol. The number of sulfonamides is 1. The highest BCUT2D eigenvalue weighted by atomic mass is 35.5. The van der Waals surface area contributed by atoms with Crippen LogP contribution in [0.2, 0.25) is 5.02 Å². The van der Waals surface area contributed by atoms with Gasteiger partial charge in [-0.05, 0) is 12.1 Å². The predicted molar refractivity (Wildman–Crippen MR) is 55.7 cm³/mol. The summed E-state index contributed by atoms with van der Waals surface area (Å²) < 4.78 is 21.2. The van der Waals surface area contributed by atoms with Crippen LogP contribution in [0.25, 0.3) is 0 Å². The van der Waals surface area contributed by atoms with E-state index in [0.717, 1.165) is 0 Å². The Labute approximate surface area is 87.3 Å². The molecule has 0 aliphatic rings. The first-order chi connectivity index (χ1) is 6.49. The number of anilines is 1. The van der Waals surface area contributed by atoms with Crippen molar-refractivity contribution in [3.05, 3.63) is 23.4 Å². The van der Waals surface area contributed by atoms with Gasteiger partial charge in [0.25, 0.3) is 0 Å². The molecule has 1 aromatic rings. The molecule has 0 radical (unpaired) electrons. The summed E-state index contributed by atoms with van der Waals surface area (Å²) in [4.78, 5) is 3.92. The molecule has 1 heterocycles. The summed E-state index contributed by atoms with van der Waals surface area (Å²) in [5, 5.41) is 8.03. The first kappa shape index (κ1) is 11.2. The third kappa shape index (κ3) is 3.91. The average molecular weight is 236 g/mol. The van der Waals surface area contributed by atoms with E-state index in [2.05, 4.69) is 10.3 Å². The summed E-state index contributed by atoms with van der Waals surface area (Å²) in [7, 11) is -3.44. The van der Waals surface area contributed by atoms with Crippen molar-refractivity contribution in [3.8, 4) is 0 Å². The fraction of sp³-hybridized carbons (Fsp3) is 0.286. The summed E-state index contributed by atoms with van der Waals surface area (Å²) in [6.45, 7) is 0.190. The van der Waals surface area contributed by atoms with Gasteiger partial charge in [-0.1, -0.05) is 11.6 Å². The third-order valence-electron chi connectivity index (χ3n) is 1.44. The van der Waals surface area contributed by atoms with Gasteiger partial charge in [-0.2, -0.15) is 0 Å². The van der Waals surface area contributed by atoms with Gasteiger partial charge in [0, 0.05) is 12.7 Å². The van der Waals surface area contributed by atoms with E-state index in [1.54, 1.807) is 18.3 Å². The minimum absolute atomic E-state index is 0.153. The lowest BCUT2D eigenvalue weighted by molar-refractivity contribution is 0.598. The highest BCUT2D eigenvalue weighted by Crippen LogP contribution is 2.16. The second kappa shape index (κ2) is 4.59. The van der Waals surface area contributed by atoms with Gasteiger partial charge in [-0.3, -0.25) is 0 Å². The molecule has 14 heavy (non-hydrogen) atoms. The molecule has 0 fully saturated rings. The largest absolute Gasteiger partial charge is 0.368 e. The fourth-order valence-corrected chi connectivity index (χ4v) is 1.40. The zero-order chi connectivity index (χ0) is 10.6. The van der Waals surface area contributed by atoms with Crippen LogP contribution in [0.3, 0.4) is 0 Å². The van der Waals surface area contributed by atoms with Gasteiger partial charge >= 0.3 is 0 Å². The van der Waals surface area contributed by atoms with Crippen LogP contribution in [-0.4, -0.2) is 25.7 Å². The number of primary sulfonamides is 1. The van der Waals surface area contributed by atoms with Gasteiger partial charge in [-0.15, -0.1) is 0 Å². The maximum Gasteiger partial charge on any atom is 0.210 e. The van der Waals surface area contributed by atoms with Crippen molar-refractivity contribution >= 4 is 27.4 Å². The molecule has 5 nitrogen and oxygen atoms in total. The summed E-state index contributed by atoms with van der Waals surface area (Å²) in [6.07, 6.45) is 1.56. The Bertz CT molecular complexity index is 407. The number of pyridine rings is 1. The van der Waals surface area contributed by atoms with Gasteiger partial charge in [0.2, 0.25) is 10.0 Å². The molecule has 0 saturated carbocycles. The van der Waals surface area contributed by atoms with E-state index in [4.69, 9.17) is 16.7 Å². The van der Waals surface area contributed by atoms with Crippen molar-refractivity contribution in [3.63, 3.8) is 0 Å². The van der Waals surface area contributed by atoms with Crippen LogP contribution in [-0.2, 0) is 10.0 Å². The van der Waals surface area contributed by atoms with E-state index in [1.165, 1.54) is 0 Å². The molecule has 0 aromatic carbocycles. The Morgan fingerprint density at radius 3 is 2.86 bits per heavy atom. The van der Waals surface area contributed by atoms with Crippen LogP contribution < -0.4 is 10.5 Å². The molecule has 0 amide bonds. The Hall–Kier alpha value is -0.850. The van der Waals surface area contributed by atoms with Crippen molar-refractivity contribution in [2.45, 2.75) is 0 Å². The summed E-state index contributed by atoms with van der Waals surface area (Å²) >= 11 is 5.77. The Morgan fingerprint density at radius 2 is 2.29 bits per heavy atom. The number of nitrogens with zero attached hydrogens (tertiary/aromatic N) is 1. The zero-order valence-electron chi connectivity index (χ0n) is 7.27. The summed E-state index contributed by atoms with van der Waals surface area (Å²) in [5.74, 6) is 0.303. The maximum absolute atomic E-state index is 10.6. The molecule has 3 N–H and O–H groups in total. The SMILES string of the molecule is NS(=O)(=O)CCNc1ncccc1Cl. The third-order valence-corrected chi connectivity index (χ3v) is 2.52. The number of nitrogens with two attached hydrogens (primary N) is 1. The van der Waals surface area contributed by atoms with E-state index in [0.29, 0.717) is 10.8 Å². The lowest BCUT2D eigenvalue weighted by Crippen LogP contribution is -2.22. The predicted octanol–water partition coefficient (Wildman–Crippen LogP) is 0.435. The highest BCUT2D eigenvalue weighted by molar-refractivity contribution is 7.89. The van der Waals surface area contributed by atoms with Crippen molar-refractivity contribution < 1.29 is 8.42 Å². The minimum Gasteiger partial charge on any atom is -0.368 e. The second-order valence-corrected chi connectivity index (χ2v) is 4.77. The average Bonchev–Trinajstić information content (AvgIpc) is 2.06. The number of rotatable bonds is 4. The quantitative estimate of drug-likeness (QED) is 0.793. The van der Waals surface area contributed by atoms with E-state index in [1.807, 2.05) is 0 Å². The summed E-state index contributed by atoms with van der Waals surface area (Å²) in [5.41, 5.74) is 0. The number of nitrogens with one attached hydrogen (secondary N) is 1. The number of hydrogen-bond donors (Lipinski definition) is 2. The molecule has 1 aromatic heterocycles. The lowest BCUT2D eigenvalue weighted by atomic mass is 10.4. The molecule has 0 aliphatic heterocycles. The van der Waals surface area contributed by atoms with Crippen molar-refractivity contribution in [2.24, 2.45) is 5.14 Å². The number of hydrogen-bond acceptors (Lipinski definition) is 4. The molecule has 0 aliphatic carbocycles. The van der Waals surface area contributed by atoms with Gasteiger partial charge in [0.05, 0.1) is 10.8 Å². The van der Waals surface area contributed by atoms with Crippen LogP contribution in [0.15, 0.2) is 18.3 Å². The van der Waals surface area contributed by atoms with Crippen LogP contribution in [0.1, 0.15) is 0 Å². The molecular formula is C7H10ClN3O2S. The van der Waals surface area contributed by atoms with Crippen LogP contribution >= 0.6 is 11.6 Å². The van der Waals surface area contributed by atoms with E-state index >= 15 is 0 Å². The Balaban J connectivity index is 2.51. The standard InChI is InChI=1S/C7H10ClN3O2S/c8-6-2-1-3-10-7(6)11-4-5-14(9,12)13/h1-3H,4-5H2,(H,10,11)(H2,9,12,13). The van der Waals surface area contributed by atoms with E-state index in [-0.39, 0.29) is 12.3 Å². The first-order valence-corrected chi connectivity index (χ1v) is 5.93. The van der Waals surface area contributed by atoms with Gasteiger partial charge < -0.3 is 5.32 Å².